The van der Waals surface area contributed by atoms with Gasteiger partial charge in [0.25, 0.3) is 0 Å². The summed E-state index contributed by atoms with van der Waals surface area (Å²) < 4.78 is 0. The Morgan fingerprint density at radius 3 is 2.23 bits per heavy atom. The van der Waals surface area contributed by atoms with E-state index < -0.39 is 6.04 Å². The van der Waals surface area contributed by atoms with Crippen LogP contribution in [-0.4, -0.2) is 79.5 Å². The third kappa shape index (κ3) is 5.66. The lowest BCUT2D eigenvalue weighted by molar-refractivity contribution is -0.127. The number of nitrogens with two attached hydrogens (primary N) is 1. The lowest BCUT2D eigenvalue weighted by Gasteiger charge is -2.50. The molecule has 2 saturated heterocycles. The third-order valence-electron chi connectivity index (χ3n) is 6.00. The molecule has 26 heavy (non-hydrogen) atoms. The van der Waals surface area contributed by atoms with Crippen LogP contribution < -0.4 is 16.4 Å². The van der Waals surface area contributed by atoms with Gasteiger partial charge in [0, 0.05) is 12.1 Å². The molecule has 0 unspecified atom stereocenters. The molecule has 0 bridgehead atoms. The van der Waals surface area contributed by atoms with E-state index in [4.69, 9.17) is 5.73 Å². The molecule has 2 aliphatic heterocycles. The number of carbonyl (C=O) groups is 2. The molecule has 0 aliphatic carbocycles. The van der Waals surface area contributed by atoms with Crippen molar-refractivity contribution < 1.29 is 9.59 Å². The number of nitrogens with one attached hydrogen (secondary N) is 2. The molecule has 0 aromatic rings. The molecule has 2 amide bonds. The highest BCUT2D eigenvalue weighted by Crippen LogP contribution is 2.30. The summed E-state index contributed by atoms with van der Waals surface area (Å²) in [5.74, 6) is -0.343. The number of carbonyl (C=O) groups excluding carboxylic acids is 2. The molecule has 0 aromatic carbocycles. The molecule has 2 fully saturated rings. The molecular weight excluding hydrogens is 330 g/mol. The van der Waals surface area contributed by atoms with E-state index in [1.165, 1.54) is 19.3 Å². The van der Waals surface area contributed by atoms with Gasteiger partial charge in [0.05, 0.1) is 12.6 Å². The Morgan fingerprint density at radius 2 is 1.65 bits per heavy atom. The van der Waals surface area contributed by atoms with Crippen molar-refractivity contribution in [1.29, 1.82) is 0 Å². The van der Waals surface area contributed by atoms with Crippen molar-refractivity contribution in [2.75, 3.05) is 46.3 Å². The zero-order chi connectivity index (χ0) is 19.2. The topological polar surface area (TPSA) is 90.7 Å². The highest BCUT2D eigenvalue weighted by atomic mass is 16.2. The van der Waals surface area contributed by atoms with Gasteiger partial charge in [-0.3, -0.25) is 14.5 Å². The van der Waals surface area contributed by atoms with Crippen LogP contribution in [0.3, 0.4) is 0 Å². The summed E-state index contributed by atoms with van der Waals surface area (Å²) in [6.45, 7) is 8.82. The zero-order valence-electron chi connectivity index (χ0n) is 16.7. The molecule has 0 saturated carbocycles. The van der Waals surface area contributed by atoms with Crippen LogP contribution in [0.4, 0.5) is 0 Å². The fourth-order valence-electron chi connectivity index (χ4n) is 3.92. The molecule has 7 nitrogen and oxygen atoms in total. The van der Waals surface area contributed by atoms with E-state index in [0.717, 1.165) is 39.0 Å². The first-order valence-electron chi connectivity index (χ1n) is 10.1. The number of hydrogen-bond donors (Lipinski definition) is 3. The van der Waals surface area contributed by atoms with E-state index in [1.54, 1.807) is 0 Å². The molecule has 7 heteroatoms. The maximum atomic E-state index is 12.3. The molecule has 2 aliphatic rings. The highest BCUT2D eigenvalue weighted by Gasteiger charge is 2.39. The predicted octanol–water partition coefficient (Wildman–Crippen LogP) is 0.152. The monoisotopic (exact) mass is 367 g/mol. The lowest BCUT2D eigenvalue weighted by atomic mass is 9.84. The Kier molecular flexibility index (Phi) is 7.85. The summed E-state index contributed by atoms with van der Waals surface area (Å²) in [7, 11) is 2.16. The fraction of sp³-hybridized carbons (Fsp3) is 0.895. The average Bonchev–Trinajstić information content (AvgIpc) is 2.66. The molecule has 0 radical (unpaired) electrons. The smallest absolute Gasteiger partial charge is 0.239 e. The van der Waals surface area contributed by atoms with Gasteiger partial charge >= 0.3 is 0 Å². The van der Waals surface area contributed by atoms with Crippen LogP contribution >= 0.6 is 0 Å². The second kappa shape index (κ2) is 9.67. The molecule has 4 N–H and O–H groups in total. The Hall–Kier alpha value is -1.18. The van der Waals surface area contributed by atoms with Gasteiger partial charge in [-0.15, -0.1) is 0 Å². The van der Waals surface area contributed by atoms with Crippen LogP contribution in [0, 0.1) is 5.92 Å². The fourth-order valence-corrected chi connectivity index (χ4v) is 3.92. The first-order chi connectivity index (χ1) is 12.3. The summed E-state index contributed by atoms with van der Waals surface area (Å²) in [6.07, 6.45) is 5.95. The Balaban J connectivity index is 1.86. The summed E-state index contributed by atoms with van der Waals surface area (Å²) >= 11 is 0. The van der Waals surface area contributed by atoms with Crippen molar-refractivity contribution in [2.45, 2.75) is 57.5 Å². The molecule has 150 valence electrons. The normalized spacial score (nSPS) is 22.8. The maximum absolute atomic E-state index is 12.3. The van der Waals surface area contributed by atoms with Crippen LogP contribution in [-0.2, 0) is 9.59 Å². The van der Waals surface area contributed by atoms with Crippen LogP contribution in [0.1, 0.15) is 46.0 Å². The predicted molar refractivity (Wildman–Crippen MR) is 104 cm³/mol. The van der Waals surface area contributed by atoms with E-state index in [-0.39, 0.29) is 29.8 Å². The molecule has 2 rings (SSSR count). The van der Waals surface area contributed by atoms with Gasteiger partial charge in [-0.25, -0.2) is 0 Å². The van der Waals surface area contributed by atoms with Gasteiger partial charge in [0.2, 0.25) is 11.8 Å². The number of rotatable bonds is 7. The van der Waals surface area contributed by atoms with Crippen molar-refractivity contribution in [3.05, 3.63) is 0 Å². The number of likely N-dealkylation sites (tertiary alicyclic amines) is 2. The number of piperidine rings is 2. The minimum atomic E-state index is -0.573. The van der Waals surface area contributed by atoms with Gasteiger partial charge in [-0.2, -0.15) is 0 Å². The first-order valence-corrected chi connectivity index (χ1v) is 10.1. The van der Waals surface area contributed by atoms with Crippen molar-refractivity contribution in [3.63, 3.8) is 0 Å². The van der Waals surface area contributed by atoms with Gasteiger partial charge in [-0.05, 0) is 64.8 Å². The third-order valence-corrected chi connectivity index (χ3v) is 6.00. The standard InChI is InChI=1S/C19H37N5O2/c1-15(2)17(20)18(26)21-13-16(25)22-14-19(7-11-23(3)12-8-19)24-9-5-4-6-10-24/h15,17H,4-14,20H2,1-3H3,(H,21,26)(H,22,25)/t17-/m0/s1. The maximum Gasteiger partial charge on any atom is 0.239 e. The first kappa shape index (κ1) is 21.1. The summed E-state index contributed by atoms with van der Waals surface area (Å²) in [5, 5.41) is 5.73. The average molecular weight is 368 g/mol. The molecule has 1 atom stereocenters. The zero-order valence-corrected chi connectivity index (χ0v) is 16.7. The molecular formula is C19H37N5O2. The van der Waals surface area contributed by atoms with Crippen molar-refractivity contribution in [3.8, 4) is 0 Å². The molecule has 2 heterocycles. The highest BCUT2D eigenvalue weighted by molar-refractivity contribution is 5.87. The Morgan fingerprint density at radius 1 is 1.04 bits per heavy atom. The van der Waals surface area contributed by atoms with E-state index in [9.17, 15) is 9.59 Å². The molecule has 0 aromatic heterocycles. The van der Waals surface area contributed by atoms with Gasteiger partial charge < -0.3 is 21.3 Å². The minimum absolute atomic E-state index is 0.00473. The Bertz CT molecular complexity index is 469. The van der Waals surface area contributed by atoms with Crippen LogP contribution in [0.15, 0.2) is 0 Å². The largest absolute Gasteiger partial charge is 0.353 e. The van der Waals surface area contributed by atoms with Crippen LogP contribution in [0.5, 0.6) is 0 Å². The van der Waals surface area contributed by atoms with Crippen molar-refractivity contribution >= 4 is 11.8 Å². The summed E-state index contributed by atoms with van der Waals surface area (Å²) in [6, 6.07) is -0.573. The second-order valence-electron chi connectivity index (χ2n) is 8.34. The SMILES string of the molecule is CC(C)[C@H](N)C(=O)NCC(=O)NCC1(N2CCCCC2)CCN(C)CC1. The van der Waals surface area contributed by atoms with Crippen LogP contribution in [0.2, 0.25) is 0 Å². The minimum Gasteiger partial charge on any atom is -0.353 e. The van der Waals surface area contributed by atoms with E-state index in [0.29, 0.717) is 6.54 Å². The quantitative estimate of drug-likeness (QED) is 0.596. The van der Waals surface area contributed by atoms with E-state index in [1.807, 2.05) is 13.8 Å². The number of amides is 2. The van der Waals surface area contributed by atoms with Gasteiger partial charge in [0.15, 0.2) is 0 Å². The van der Waals surface area contributed by atoms with Crippen molar-refractivity contribution in [2.24, 2.45) is 11.7 Å². The van der Waals surface area contributed by atoms with Crippen molar-refractivity contribution in [1.82, 2.24) is 20.4 Å². The second-order valence-corrected chi connectivity index (χ2v) is 8.34. The van der Waals surface area contributed by atoms with E-state index in [2.05, 4.69) is 27.5 Å². The number of nitrogens with zero attached hydrogens (tertiary/aromatic N) is 2. The summed E-state index contributed by atoms with van der Waals surface area (Å²) in [4.78, 5) is 29.1. The summed E-state index contributed by atoms with van der Waals surface area (Å²) in [5.41, 5.74) is 5.87. The van der Waals surface area contributed by atoms with E-state index >= 15 is 0 Å². The molecule has 0 spiro atoms. The van der Waals surface area contributed by atoms with Gasteiger partial charge in [0.1, 0.15) is 0 Å². The number of hydrogen-bond acceptors (Lipinski definition) is 5. The van der Waals surface area contributed by atoms with Crippen LogP contribution in [0.25, 0.3) is 0 Å². The Labute approximate surface area is 158 Å². The van der Waals surface area contributed by atoms with Gasteiger partial charge in [-0.1, -0.05) is 20.3 Å². The lowest BCUT2D eigenvalue weighted by Crippen LogP contribution is -2.61.